The molecule has 0 heterocycles. The zero-order valence-electron chi connectivity index (χ0n) is 4.44. The molecular weight excluding hydrogens is 102 g/mol. The van der Waals surface area contributed by atoms with Crippen LogP contribution in [0.1, 0.15) is 0 Å². The molecule has 0 fully saturated rings. The molecule has 7 heavy (non-hydrogen) atoms. The summed E-state index contributed by atoms with van der Waals surface area (Å²) in [5, 5.41) is 0. The zero-order valence-corrected chi connectivity index (χ0v) is 4.44. The second-order valence-electron chi connectivity index (χ2n) is 1.55. The van der Waals surface area contributed by atoms with Crippen LogP contribution in [-0.4, -0.2) is 36.5 Å². The Morgan fingerprint density at radius 3 is 2.00 bits per heavy atom. The van der Waals surface area contributed by atoms with Gasteiger partial charge in [0.15, 0.2) is 0 Å². The highest BCUT2D eigenvalue weighted by Gasteiger charge is 1.75. The van der Waals surface area contributed by atoms with Crippen molar-refractivity contribution in [2.75, 3.05) is 20.6 Å². The Labute approximate surface area is 50.0 Å². The fraction of sp³-hybridized carbons (Fsp3) is 0.600. The summed E-state index contributed by atoms with van der Waals surface area (Å²) in [7, 11) is 4.03. The molecule has 0 aromatic heterocycles. The van der Waals surface area contributed by atoms with Crippen LogP contribution in [0.25, 0.3) is 0 Å². The van der Waals surface area contributed by atoms with Crippen molar-refractivity contribution >= 4 is 11.0 Å². The van der Waals surface area contributed by atoms with Gasteiger partial charge in [0.25, 0.3) is 0 Å². The molecule has 0 rings (SSSR count). The van der Waals surface area contributed by atoms with Gasteiger partial charge in [-0.25, -0.2) is 0 Å². The van der Waals surface area contributed by atoms with Crippen LogP contribution in [-0.2, 0) is 0 Å². The molecule has 44 valence electrons. The van der Waals surface area contributed by atoms with E-state index in [0.717, 1.165) is 6.54 Å². The molecule has 0 radical (unpaired) electrons. The Kier molecular flexibility index (Phi) is 8.47. The van der Waals surface area contributed by atoms with E-state index >= 15 is 0 Å². The SMILES string of the molecule is C=CCN(C)C.[SiH4]. The Morgan fingerprint density at radius 2 is 2.00 bits per heavy atom. The third-order valence-electron chi connectivity index (χ3n) is 0.494. The van der Waals surface area contributed by atoms with Gasteiger partial charge < -0.3 is 4.90 Å². The lowest BCUT2D eigenvalue weighted by atomic mass is 10.6. The summed E-state index contributed by atoms with van der Waals surface area (Å²) >= 11 is 0. The van der Waals surface area contributed by atoms with E-state index in [-0.39, 0.29) is 11.0 Å². The van der Waals surface area contributed by atoms with Crippen LogP contribution in [0.2, 0.25) is 0 Å². The first-order chi connectivity index (χ1) is 2.77. The van der Waals surface area contributed by atoms with E-state index in [1.165, 1.54) is 0 Å². The Hall–Kier alpha value is -0.0831. The summed E-state index contributed by atoms with van der Waals surface area (Å²) < 4.78 is 0. The number of hydrogen-bond acceptors (Lipinski definition) is 1. The van der Waals surface area contributed by atoms with E-state index in [1.54, 1.807) is 0 Å². The minimum Gasteiger partial charge on any atom is -0.306 e. The van der Waals surface area contributed by atoms with Gasteiger partial charge in [-0.15, -0.1) is 6.58 Å². The first kappa shape index (κ1) is 10.0. The predicted octanol–water partition coefficient (Wildman–Crippen LogP) is -0.718. The van der Waals surface area contributed by atoms with E-state index in [9.17, 15) is 0 Å². The van der Waals surface area contributed by atoms with Gasteiger partial charge in [0, 0.05) is 6.54 Å². The van der Waals surface area contributed by atoms with Crippen molar-refractivity contribution in [3.8, 4) is 0 Å². The number of rotatable bonds is 2. The largest absolute Gasteiger partial charge is 0.306 e. The second-order valence-corrected chi connectivity index (χ2v) is 1.55. The van der Waals surface area contributed by atoms with Gasteiger partial charge in [0.2, 0.25) is 0 Å². The van der Waals surface area contributed by atoms with Gasteiger partial charge in [0.05, 0.1) is 0 Å². The maximum absolute atomic E-state index is 3.56. The van der Waals surface area contributed by atoms with Crippen molar-refractivity contribution in [1.29, 1.82) is 0 Å². The average Bonchev–Trinajstić information content (AvgIpc) is 1.35. The lowest BCUT2D eigenvalue weighted by molar-refractivity contribution is 0.457. The number of hydrogen-bond donors (Lipinski definition) is 0. The maximum atomic E-state index is 3.56. The molecule has 0 aliphatic rings. The lowest BCUT2D eigenvalue weighted by Crippen LogP contribution is -2.09. The molecule has 0 N–H and O–H groups in total. The lowest BCUT2D eigenvalue weighted by Gasteiger charge is -2.01. The van der Waals surface area contributed by atoms with Crippen molar-refractivity contribution in [1.82, 2.24) is 4.90 Å². The summed E-state index contributed by atoms with van der Waals surface area (Å²) in [5.41, 5.74) is 0. The highest BCUT2D eigenvalue weighted by Crippen LogP contribution is 1.69. The second kappa shape index (κ2) is 5.92. The summed E-state index contributed by atoms with van der Waals surface area (Å²) in [6.45, 7) is 4.53. The highest BCUT2D eigenvalue weighted by atomic mass is 28.1. The smallest absolute Gasteiger partial charge is 0.0154 e. The predicted molar refractivity (Wildman–Crippen MR) is 40.1 cm³/mol. The Morgan fingerprint density at radius 1 is 1.57 bits per heavy atom. The van der Waals surface area contributed by atoms with Crippen LogP contribution in [0.3, 0.4) is 0 Å². The van der Waals surface area contributed by atoms with Crippen molar-refractivity contribution in [2.24, 2.45) is 0 Å². The fourth-order valence-electron chi connectivity index (χ4n) is 0.258. The highest BCUT2D eigenvalue weighted by molar-refractivity contribution is 5.75. The quantitative estimate of drug-likeness (QED) is 0.341. The molecule has 0 spiro atoms. The van der Waals surface area contributed by atoms with Crippen molar-refractivity contribution < 1.29 is 0 Å². The Bertz CT molecular complexity index is 43.3. The molecule has 0 atom stereocenters. The Balaban J connectivity index is 0. The van der Waals surface area contributed by atoms with E-state index in [0.29, 0.717) is 0 Å². The van der Waals surface area contributed by atoms with Gasteiger partial charge in [-0.1, -0.05) is 6.08 Å². The third-order valence-corrected chi connectivity index (χ3v) is 0.494. The van der Waals surface area contributed by atoms with Gasteiger partial charge >= 0.3 is 0 Å². The normalized spacial score (nSPS) is 7.86. The van der Waals surface area contributed by atoms with Crippen LogP contribution in [0.5, 0.6) is 0 Å². The van der Waals surface area contributed by atoms with Crippen LogP contribution in [0.4, 0.5) is 0 Å². The minimum atomic E-state index is 0. The molecule has 0 aromatic carbocycles. The summed E-state index contributed by atoms with van der Waals surface area (Å²) in [6, 6.07) is 0. The summed E-state index contributed by atoms with van der Waals surface area (Å²) in [5.74, 6) is 0. The number of likely N-dealkylation sites (N-methyl/N-ethyl adjacent to an activating group) is 1. The first-order valence-corrected chi connectivity index (χ1v) is 2.03. The molecule has 0 bridgehead atoms. The zero-order chi connectivity index (χ0) is 4.99. The molecule has 1 nitrogen and oxygen atoms in total. The standard InChI is InChI=1S/C5H11N.H4Si/c1-4-5-6(2)3;/h4H,1,5H2,2-3H3;1H4. The van der Waals surface area contributed by atoms with Gasteiger partial charge in [-0.05, 0) is 25.1 Å². The molecule has 2 heteroatoms. The molecule has 0 aliphatic heterocycles. The molecule has 0 saturated heterocycles. The van der Waals surface area contributed by atoms with Gasteiger partial charge in [-0.2, -0.15) is 0 Å². The molecule has 0 amide bonds. The molecule has 0 unspecified atom stereocenters. The fourth-order valence-corrected chi connectivity index (χ4v) is 0.258. The van der Waals surface area contributed by atoms with E-state index in [4.69, 9.17) is 0 Å². The molecule has 0 saturated carbocycles. The van der Waals surface area contributed by atoms with Crippen LogP contribution in [0, 0.1) is 0 Å². The van der Waals surface area contributed by atoms with E-state index < -0.39 is 0 Å². The summed E-state index contributed by atoms with van der Waals surface area (Å²) in [6.07, 6.45) is 1.88. The number of nitrogens with zero attached hydrogens (tertiary/aromatic N) is 1. The molecule has 0 aromatic rings. The van der Waals surface area contributed by atoms with E-state index in [2.05, 4.69) is 11.5 Å². The first-order valence-electron chi connectivity index (χ1n) is 2.03. The molecule has 0 aliphatic carbocycles. The topological polar surface area (TPSA) is 3.24 Å². The summed E-state index contributed by atoms with van der Waals surface area (Å²) in [4.78, 5) is 2.06. The van der Waals surface area contributed by atoms with Crippen molar-refractivity contribution in [3.05, 3.63) is 12.7 Å². The average molecular weight is 117 g/mol. The molecular formula is C5H15NSi. The van der Waals surface area contributed by atoms with Crippen molar-refractivity contribution in [3.63, 3.8) is 0 Å². The van der Waals surface area contributed by atoms with E-state index in [1.807, 2.05) is 20.2 Å². The van der Waals surface area contributed by atoms with Gasteiger partial charge in [0.1, 0.15) is 0 Å². The van der Waals surface area contributed by atoms with Crippen LogP contribution in [0.15, 0.2) is 12.7 Å². The van der Waals surface area contributed by atoms with Gasteiger partial charge in [-0.3, -0.25) is 0 Å². The minimum absolute atomic E-state index is 0. The van der Waals surface area contributed by atoms with Crippen molar-refractivity contribution in [2.45, 2.75) is 0 Å². The monoisotopic (exact) mass is 117 g/mol. The van der Waals surface area contributed by atoms with Crippen LogP contribution >= 0.6 is 0 Å². The maximum Gasteiger partial charge on any atom is 0.0154 e. The third kappa shape index (κ3) is 10.7. The van der Waals surface area contributed by atoms with Crippen LogP contribution < -0.4 is 0 Å².